The van der Waals surface area contributed by atoms with Gasteiger partial charge in [0.25, 0.3) is 0 Å². The second kappa shape index (κ2) is 5.49. The lowest BCUT2D eigenvalue weighted by atomic mass is 9.98. The monoisotopic (exact) mass is 256 g/mol. The summed E-state index contributed by atoms with van der Waals surface area (Å²) in [4.78, 5) is 11.9. The molecule has 2 unspecified atom stereocenters. The lowest BCUT2D eigenvalue weighted by Crippen LogP contribution is -2.18. The van der Waals surface area contributed by atoms with Crippen LogP contribution in [0, 0.1) is 11.8 Å². The van der Waals surface area contributed by atoms with Gasteiger partial charge in [0, 0.05) is 6.54 Å². The summed E-state index contributed by atoms with van der Waals surface area (Å²) in [5.41, 5.74) is 0. The van der Waals surface area contributed by atoms with E-state index in [1.807, 2.05) is 0 Å². The fourth-order valence-corrected chi connectivity index (χ4v) is 2.40. The first-order valence-electron chi connectivity index (χ1n) is 5.88. The van der Waals surface area contributed by atoms with Crippen molar-refractivity contribution >= 4 is 17.5 Å². The number of methoxy groups -OCH3 is 1. The van der Waals surface area contributed by atoms with Crippen LogP contribution in [0.25, 0.3) is 0 Å². The SMILES string of the molecule is COc1nc(Cl)nc(NCC2CCCC2C)n1. The molecule has 1 aromatic rings. The van der Waals surface area contributed by atoms with Gasteiger partial charge < -0.3 is 10.1 Å². The number of rotatable bonds is 4. The molecule has 0 aliphatic heterocycles. The molecule has 0 aromatic carbocycles. The highest BCUT2D eigenvalue weighted by Gasteiger charge is 2.23. The van der Waals surface area contributed by atoms with Crippen molar-refractivity contribution < 1.29 is 4.74 Å². The molecule has 5 nitrogen and oxygen atoms in total. The fourth-order valence-electron chi connectivity index (χ4n) is 2.25. The van der Waals surface area contributed by atoms with E-state index in [0.717, 1.165) is 12.5 Å². The van der Waals surface area contributed by atoms with Crippen molar-refractivity contribution in [1.29, 1.82) is 0 Å². The molecule has 1 heterocycles. The molecule has 1 N–H and O–H groups in total. The molecular weight excluding hydrogens is 240 g/mol. The van der Waals surface area contributed by atoms with Crippen molar-refractivity contribution in [3.63, 3.8) is 0 Å². The molecule has 17 heavy (non-hydrogen) atoms. The molecule has 1 aromatic heterocycles. The molecule has 1 aliphatic carbocycles. The Kier molecular flexibility index (Phi) is 3.99. The summed E-state index contributed by atoms with van der Waals surface area (Å²) in [6, 6.07) is 0.243. The fraction of sp³-hybridized carbons (Fsp3) is 0.727. The molecule has 2 atom stereocenters. The van der Waals surface area contributed by atoms with E-state index in [1.165, 1.54) is 26.4 Å². The van der Waals surface area contributed by atoms with Crippen LogP contribution in [0.3, 0.4) is 0 Å². The Morgan fingerprint density at radius 2 is 2.18 bits per heavy atom. The van der Waals surface area contributed by atoms with E-state index in [4.69, 9.17) is 16.3 Å². The smallest absolute Gasteiger partial charge is 0.322 e. The highest BCUT2D eigenvalue weighted by Crippen LogP contribution is 2.31. The van der Waals surface area contributed by atoms with Gasteiger partial charge in [-0.25, -0.2) is 0 Å². The Morgan fingerprint density at radius 3 is 2.82 bits per heavy atom. The average molecular weight is 257 g/mol. The van der Waals surface area contributed by atoms with Crippen LogP contribution in [0.2, 0.25) is 5.28 Å². The van der Waals surface area contributed by atoms with Crippen LogP contribution >= 0.6 is 11.6 Å². The predicted octanol–water partition coefficient (Wildman–Crippen LogP) is 2.38. The summed E-state index contributed by atoms with van der Waals surface area (Å²) in [5, 5.41) is 3.36. The predicted molar refractivity (Wildman–Crippen MR) is 66.4 cm³/mol. The van der Waals surface area contributed by atoms with Crippen molar-refractivity contribution in [2.75, 3.05) is 19.0 Å². The van der Waals surface area contributed by atoms with Crippen LogP contribution in [-0.2, 0) is 0 Å². The van der Waals surface area contributed by atoms with E-state index in [-0.39, 0.29) is 11.3 Å². The third-order valence-corrected chi connectivity index (χ3v) is 3.50. The van der Waals surface area contributed by atoms with Gasteiger partial charge in [-0.15, -0.1) is 0 Å². The van der Waals surface area contributed by atoms with Crippen LogP contribution in [0.1, 0.15) is 26.2 Å². The molecule has 2 rings (SSSR count). The number of hydrogen-bond donors (Lipinski definition) is 1. The number of nitrogens with one attached hydrogen (secondary N) is 1. The van der Waals surface area contributed by atoms with Crippen molar-refractivity contribution in [3.05, 3.63) is 5.28 Å². The van der Waals surface area contributed by atoms with E-state index in [2.05, 4.69) is 27.2 Å². The Labute approximate surface area is 106 Å². The van der Waals surface area contributed by atoms with Crippen LogP contribution in [0.5, 0.6) is 6.01 Å². The van der Waals surface area contributed by atoms with E-state index < -0.39 is 0 Å². The standard InChI is InChI=1S/C11H17ClN4O/c1-7-4-3-5-8(7)6-13-10-14-9(12)15-11(16-10)17-2/h7-8H,3-6H2,1-2H3,(H,13,14,15,16). The molecular formula is C11H17ClN4O. The maximum atomic E-state index is 5.77. The number of ether oxygens (including phenoxy) is 1. The molecule has 0 saturated heterocycles. The van der Waals surface area contributed by atoms with E-state index in [0.29, 0.717) is 11.9 Å². The first kappa shape index (κ1) is 12.4. The minimum atomic E-state index is 0.152. The zero-order valence-corrected chi connectivity index (χ0v) is 10.9. The zero-order chi connectivity index (χ0) is 12.3. The molecule has 0 amide bonds. The Hall–Kier alpha value is -1.10. The number of halogens is 1. The quantitative estimate of drug-likeness (QED) is 0.896. The number of anilines is 1. The van der Waals surface area contributed by atoms with Gasteiger partial charge in [-0.1, -0.05) is 19.8 Å². The third kappa shape index (κ3) is 3.19. The molecule has 6 heteroatoms. The van der Waals surface area contributed by atoms with E-state index >= 15 is 0 Å². The maximum absolute atomic E-state index is 5.77. The van der Waals surface area contributed by atoms with E-state index in [9.17, 15) is 0 Å². The molecule has 0 bridgehead atoms. The van der Waals surface area contributed by atoms with Crippen LogP contribution < -0.4 is 10.1 Å². The number of aromatic nitrogens is 3. The minimum absolute atomic E-state index is 0.152. The van der Waals surface area contributed by atoms with Gasteiger partial charge in [0.2, 0.25) is 11.2 Å². The van der Waals surface area contributed by atoms with Crippen molar-refractivity contribution in [1.82, 2.24) is 15.0 Å². The van der Waals surface area contributed by atoms with Gasteiger partial charge >= 0.3 is 6.01 Å². The van der Waals surface area contributed by atoms with Gasteiger partial charge in [-0.05, 0) is 29.9 Å². The summed E-state index contributed by atoms with van der Waals surface area (Å²) < 4.78 is 4.94. The summed E-state index contributed by atoms with van der Waals surface area (Å²) in [6.07, 6.45) is 3.90. The van der Waals surface area contributed by atoms with Crippen LogP contribution in [-0.4, -0.2) is 28.6 Å². The molecule has 1 saturated carbocycles. The van der Waals surface area contributed by atoms with Crippen molar-refractivity contribution in [2.45, 2.75) is 26.2 Å². The Bertz CT molecular complexity index is 388. The van der Waals surface area contributed by atoms with Gasteiger partial charge in [0.05, 0.1) is 7.11 Å². The van der Waals surface area contributed by atoms with Gasteiger partial charge in [-0.3, -0.25) is 0 Å². The van der Waals surface area contributed by atoms with Gasteiger partial charge in [-0.2, -0.15) is 15.0 Å². The zero-order valence-electron chi connectivity index (χ0n) is 10.1. The van der Waals surface area contributed by atoms with Crippen molar-refractivity contribution in [3.8, 4) is 6.01 Å². The van der Waals surface area contributed by atoms with Crippen LogP contribution in [0.15, 0.2) is 0 Å². The highest BCUT2D eigenvalue weighted by atomic mass is 35.5. The molecule has 0 radical (unpaired) electrons. The summed E-state index contributed by atoms with van der Waals surface area (Å²) in [7, 11) is 1.51. The van der Waals surface area contributed by atoms with Gasteiger partial charge in [0.15, 0.2) is 0 Å². The minimum Gasteiger partial charge on any atom is -0.467 e. The third-order valence-electron chi connectivity index (χ3n) is 3.33. The topological polar surface area (TPSA) is 59.9 Å². The largest absolute Gasteiger partial charge is 0.467 e. The summed E-state index contributed by atoms with van der Waals surface area (Å²) in [6.45, 7) is 3.17. The number of nitrogens with zero attached hydrogens (tertiary/aromatic N) is 3. The molecule has 0 spiro atoms. The van der Waals surface area contributed by atoms with E-state index in [1.54, 1.807) is 0 Å². The second-order valence-corrected chi connectivity index (χ2v) is 4.80. The molecule has 94 valence electrons. The Balaban J connectivity index is 1.96. The molecule has 1 aliphatic rings. The molecule has 1 fully saturated rings. The Morgan fingerprint density at radius 1 is 1.35 bits per heavy atom. The second-order valence-electron chi connectivity index (χ2n) is 4.46. The summed E-state index contributed by atoms with van der Waals surface area (Å²) >= 11 is 5.77. The van der Waals surface area contributed by atoms with Gasteiger partial charge in [0.1, 0.15) is 0 Å². The van der Waals surface area contributed by atoms with Crippen LogP contribution in [0.4, 0.5) is 5.95 Å². The first-order chi connectivity index (χ1) is 8.19. The lowest BCUT2D eigenvalue weighted by molar-refractivity contribution is 0.378. The average Bonchev–Trinajstić information content (AvgIpc) is 2.71. The van der Waals surface area contributed by atoms with Crippen molar-refractivity contribution in [2.24, 2.45) is 11.8 Å². The number of hydrogen-bond acceptors (Lipinski definition) is 5. The normalized spacial score (nSPS) is 23.7. The maximum Gasteiger partial charge on any atom is 0.322 e. The summed E-state index contributed by atoms with van der Waals surface area (Å²) in [5.74, 6) is 1.94. The first-order valence-corrected chi connectivity index (χ1v) is 6.26. The lowest BCUT2D eigenvalue weighted by Gasteiger charge is -2.15. The highest BCUT2D eigenvalue weighted by molar-refractivity contribution is 6.28.